The summed E-state index contributed by atoms with van der Waals surface area (Å²) >= 11 is 5.83. The van der Waals surface area contributed by atoms with Gasteiger partial charge in [-0.2, -0.15) is 0 Å². The van der Waals surface area contributed by atoms with E-state index in [2.05, 4.69) is 15.1 Å². The average molecular weight is 298 g/mol. The number of nitrogens with one attached hydrogen (secondary N) is 1. The molecule has 1 aromatic rings. The number of nitrogens with zero attached hydrogens (tertiary/aromatic N) is 2. The molecule has 0 spiro atoms. The van der Waals surface area contributed by atoms with Gasteiger partial charge in [0.1, 0.15) is 5.82 Å². The van der Waals surface area contributed by atoms with Crippen LogP contribution in [0.1, 0.15) is 12.0 Å². The lowest BCUT2D eigenvalue weighted by atomic mass is 10.1. The highest BCUT2D eigenvalue weighted by molar-refractivity contribution is 6.30. The largest absolute Gasteiger partial charge is 0.315 e. The van der Waals surface area contributed by atoms with E-state index in [1.807, 2.05) is 6.07 Å². The van der Waals surface area contributed by atoms with Crippen LogP contribution in [0.3, 0.4) is 0 Å². The molecule has 2 aliphatic heterocycles. The van der Waals surface area contributed by atoms with Gasteiger partial charge in [0.25, 0.3) is 0 Å². The predicted molar refractivity (Wildman–Crippen MR) is 79.5 cm³/mol. The fourth-order valence-corrected chi connectivity index (χ4v) is 3.34. The van der Waals surface area contributed by atoms with Gasteiger partial charge in [-0.15, -0.1) is 0 Å². The molecule has 3 rings (SSSR count). The van der Waals surface area contributed by atoms with Gasteiger partial charge in [-0.1, -0.05) is 17.7 Å². The normalized spacial score (nSPS) is 25.2. The summed E-state index contributed by atoms with van der Waals surface area (Å²) in [7, 11) is 0. The first-order chi connectivity index (χ1) is 9.72. The van der Waals surface area contributed by atoms with E-state index in [0.717, 1.165) is 57.4 Å². The van der Waals surface area contributed by atoms with E-state index in [0.29, 0.717) is 0 Å². The molecular formula is C15H21ClFN3. The summed E-state index contributed by atoms with van der Waals surface area (Å²) in [4.78, 5) is 5.01. The van der Waals surface area contributed by atoms with Gasteiger partial charge in [0, 0.05) is 45.3 Å². The highest BCUT2D eigenvalue weighted by atomic mass is 35.5. The Hall–Kier alpha value is -0.680. The van der Waals surface area contributed by atoms with Crippen molar-refractivity contribution in [2.24, 2.45) is 0 Å². The van der Waals surface area contributed by atoms with Gasteiger partial charge in [-0.05, 0) is 30.7 Å². The maximum atomic E-state index is 13.1. The molecule has 1 atom stereocenters. The van der Waals surface area contributed by atoms with E-state index >= 15 is 0 Å². The molecule has 0 radical (unpaired) electrons. The van der Waals surface area contributed by atoms with E-state index < -0.39 is 0 Å². The van der Waals surface area contributed by atoms with Crippen molar-refractivity contribution in [2.75, 3.05) is 39.3 Å². The molecule has 3 nitrogen and oxygen atoms in total. The number of benzene rings is 1. The van der Waals surface area contributed by atoms with Crippen molar-refractivity contribution in [1.29, 1.82) is 0 Å². The number of hydrogen-bond acceptors (Lipinski definition) is 3. The highest BCUT2D eigenvalue weighted by Gasteiger charge is 2.25. The third-order valence-electron chi connectivity index (χ3n) is 4.35. The molecule has 0 amide bonds. The second-order valence-corrected chi connectivity index (χ2v) is 6.11. The van der Waals surface area contributed by atoms with Crippen LogP contribution >= 0.6 is 11.6 Å². The predicted octanol–water partition coefficient (Wildman–Crippen LogP) is 1.96. The topological polar surface area (TPSA) is 18.5 Å². The van der Waals surface area contributed by atoms with Gasteiger partial charge >= 0.3 is 0 Å². The maximum Gasteiger partial charge on any atom is 0.141 e. The molecular weight excluding hydrogens is 277 g/mol. The minimum Gasteiger partial charge on any atom is -0.315 e. The van der Waals surface area contributed by atoms with E-state index in [9.17, 15) is 4.39 Å². The Morgan fingerprint density at radius 1 is 1.25 bits per heavy atom. The molecule has 20 heavy (non-hydrogen) atoms. The van der Waals surface area contributed by atoms with Gasteiger partial charge in [-0.25, -0.2) is 4.39 Å². The third-order valence-corrected chi connectivity index (χ3v) is 4.64. The lowest BCUT2D eigenvalue weighted by molar-refractivity contribution is 0.0981. The molecule has 2 aliphatic rings. The molecule has 1 aromatic carbocycles. The zero-order valence-electron chi connectivity index (χ0n) is 11.6. The van der Waals surface area contributed by atoms with Crippen LogP contribution in [-0.4, -0.2) is 55.1 Å². The average Bonchev–Trinajstić information content (AvgIpc) is 2.98. The molecule has 2 heterocycles. The zero-order chi connectivity index (χ0) is 13.9. The molecule has 0 unspecified atom stereocenters. The summed E-state index contributed by atoms with van der Waals surface area (Å²) in [6.07, 6.45) is 1.27. The van der Waals surface area contributed by atoms with Crippen LogP contribution in [0, 0.1) is 5.82 Å². The van der Waals surface area contributed by atoms with Gasteiger partial charge in [0.15, 0.2) is 0 Å². The van der Waals surface area contributed by atoms with Gasteiger partial charge < -0.3 is 5.32 Å². The Labute approximate surface area is 124 Å². The van der Waals surface area contributed by atoms with E-state index in [1.165, 1.54) is 12.5 Å². The van der Waals surface area contributed by atoms with Crippen LogP contribution < -0.4 is 5.32 Å². The Morgan fingerprint density at radius 2 is 2.05 bits per heavy atom. The summed E-state index contributed by atoms with van der Waals surface area (Å²) in [5.74, 6) is -0.339. The van der Waals surface area contributed by atoms with Crippen molar-refractivity contribution < 1.29 is 4.39 Å². The SMILES string of the molecule is Fc1ccc(CN2CCN([C@H]3CCNC3)CC2)cc1Cl. The van der Waals surface area contributed by atoms with Crippen LogP contribution in [0.4, 0.5) is 4.39 Å². The van der Waals surface area contributed by atoms with Crippen molar-refractivity contribution in [3.63, 3.8) is 0 Å². The van der Waals surface area contributed by atoms with Crippen molar-refractivity contribution in [2.45, 2.75) is 19.0 Å². The number of piperazine rings is 1. The first-order valence-corrected chi connectivity index (χ1v) is 7.71. The van der Waals surface area contributed by atoms with Gasteiger partial charge in [-0.3, -0.25) is 9.80 Å². The molecule has 0 saturated carbocycles. The van der Waals surface area contributed by atoms with Crippen LogP contribution in [-0.2, 0) is 6.54 Å². The molecule has 2 fully saturated rings. The third kappa shape index (κ3) is 3.31. The van der Waals surface area contributed by atoms with Gasteiger partial charge in [0.05, 0.1) is 5.02 Å². The standard InChI is InChI=1S/C15H21ClFN3/c16-14-9-12(1-2-15(14)17)11-19-5-7-20(8-6-19)13-3-4-18-10-13/h1-2,9,13,18H,3-8,10-11H2/t13-/m0/s1. The van der Waals surface area contributed by atoms with Crippen LogP contribution in [0.5, 0.6) is 0 Å². The smallest absolute Gasteiger partial charge is 0.141 e. The highest BCUT2D eigenvalue weighted by Crippen LogP contribution is 2.18. The summed E-state index contributed by atoms with van der Waals surface area (Å²) in [6, 6.07) is 5.74. The van der Waals surface area contributed by atoms with Crippen molar-refractivity contribution in [3.8, 4) is 0 Å². The minimum atomic E-state index is -0.339. The number of rotatable bonds is 3. The monoisotopic (exact) mass is 297 g/mol. The Balaban J connectivity index is 1.51. The fourth-order valence-electron chi connectivity index (χ4n) is 3.13. The second-order valence-electron chi connectivity index (χ2n) is 5.71. The number of halogens is 2. The van der Waals surface area contributed by atoms with E-state index in [-0.39, 0.29) is 10.8 Å². The molecule has 110 valence electrons. The molecule has 0 bridgehead atoms. The van der Waals surface area contributed by atoms with Crippen molar-refractivity contribution in [3.05, 3.63) is 34.6 Å². The van der Waals surface area contributed by atoms with Gasteiger partial charge in [0.2, 0.25) is 0 Å². The van der Waals surface area contributed by atoms with Crippen molar-refractivity contribution >= 4 is 11.6 Å². The van der Waals surface area contributed by atoms with Crippen LogP contribution in [0.15, 0.2) is 18.2 Å². The molecule has 1 N–H and O–H groups in total. The maximum absolute atomic E-state index is 13.1. The fraction of sp³-hybridized carbons (Fsp3) is 0.600. The van der Waals surface area contributed by atoms with E-state index in [1.54, 1.807) is 6.07 Å². The Kier molecular flexibility index (Phi) is 4.56. The van der Waals surface area contributed by atoms with Crippen LogP contribution in [0.2, 0.25) is 5.02 Å². The second kappa shape index (κ2) is 6.39. The summed E-state index contributed by atoms with van der Waals surface area (Å²) in [5.41, 5.74) is 1.09. The molecule has 0 aromatic heterocycles. The quantitative estimate of drug-likeness (QED) is 0.920. The summed E-state index contributed by atoms with van der Waals surface area (Å²) in [6.45, 7) is 7.54. The molecule has 5 heteroatoms. The van der Waals surface area contributed by atoms with Crippen molar-refractivity contribution in [1.82, 2.24) is 15.1 Å². The Morgan fingerprint density at radius 3 is 2.70 bits per heavy atom. The first-order valence-electron chi connectivity index (χ1n) is 7.33. The van der Waals surface area contributed by atoms with Crippen LogP contribution in [0.25, 0.3) is 0 Å². The zero-order valence-corrected chi connectivity index (χ0v) is 12.4. The number of hydrogen-bond donors (Lipinski definition) is 1. The van der Waals surface area contributed by atoms with E-state index in [4.69, 9.17) is 11.6 Å². The molecule has 0 aliphatic carbocycles. The molecule has 2 saturated heterocycles. The minimum absolute atomic E-state index is 0.221. The lowest BCUT2D eigenvalue weighted by Gasteiger charge is -2.37. The summed E-state index contributed by atoms with van der Waals surface area (Å²) in [5, 5.41) is 3.65. The lowest BCUT2D eigenvalue weighted by Crippen LogP contribution is -2.50. The first kappa shape index (κ1) is 14.3. The Bertz CT molecular complexity index is 454. The summed E-state index contributed by atoms with van der Waals surface area (Å²) < 4.78 is 13.1.